The average molecular weight is 284 g/mol. The Morgan fingerprint density at radius 2 is 2.11 bits per heavy atom. The molecule has 1 atom stereocenters. The number of piperazine rings is 1. The molecule has 1 heterocycles. The fourth-order valence-corrected chi connectivity index (χ4v) is 1.71. The number of aliphatic carboxylic acids is 1. The molecule has 110 valence electrons. The number of hydrogen-bond donors (Lipinski definition) is 2. The molecule has 19 heavy (non-hydrogen) atoms. The second-order valence-corrected chi connectivity index (χ2v) is 4.06. The Morgan fingerprint density at radius 3 is 2.68 bits per heavy atom. The van der Waals surface area contributed by atoms with Crippen LogP contribution >= 0.6 is 0 Å². The maximum atomic E-state index is 11.8. The van der Waals surface area contributed by atoms with Crippen molar-refractivity contribution < 1.29 is 32.6 Å². The number of ether oxygens (including phenoxy) is 1. The first kappa shape index (κ1) is 15.7. The monoisotopic (exact) mass is 284 g/mol. The van der Waals surface area contributed by atoms with Gasteiger partial charge in [0.25, 0.3) is 0 Å². The van der Waals surface area contributed by atoms with E-state index in [1.807, 2.05) is 0 Å². The molecular formula is C10H15F3N2O4. The number of carbonyl (C=O) groups is 2. The number of hydrogen-bond acceptors (Lipinski definition) is 4. The summed E-state index contributed by atoms with van der Waals surface area (Å²) in [6, 6.07) is -0.983. The van der Waals surface area contributed by atoms with Gasteiger partial charge in [0, 0.05) is 19.6 Å². The van der Waals surface area contributed by atoms with E-state index >= 15 is 0 Å². The van der Waals surface area contributed by atoms with Gasteiger partial charge < -0.3 is 20.1 Å². The molecule has 0 aromatic rings. The lowest BCUT2D eigenvalue weighted by atomic mass is 10.2. The maximum absolute atomic E-state index is 11.8. The van der Waals surface area contributed by atoms with Gasteiger partial charge in [0.15, 0.2) is 0 Å². The van der Waals surface area contributed by atoms with Crippen molar-refractivity contribution in [1.82, 2.24) is 10.2 Å². The third-order valence-corrected chi connectivity index (χ3v) is 2.57. The molecule has 1 aliphatic rings. The largest absolute Gasteiger partial charge is 0.480 e. The first-order valence-corrected chi connectivity index (χ1v) is 5.69. The Labute approximate surface area is 107 Å². The minimum atomic E-state index is -4.43. The first-order valence-electron chi connectivity index (χ1n) is 5.69. The number of carboxylic acid groups (broad SMARTS) is 1. The summed E-state index contributed by atoms with van der Waals surface area (Å²) >= 11 is 0. The van der Waals surface area contributed by atoms with Crippen LogP contribution in [0.2, 0.25) is 0 Å². The summed E-state index contributed by atoms with van der Waals surface area (Å²) in [6.45, 7) is -0.989. The molecule has 0 spiro atoms. The second kappa shape index (κ2) is 6.71. The molecule has 0 aromatic carbocycles. The molecule has 1 aliphatic heterocycles. The smallest absolute Gasteiger partial charge is 0.411 e. The van der Waals surface area contributed by atoms with Crippen LogP contribution in [0.1, 0.15) is 6.42 Å². The predicted octanol–water partition coefficient (Wildman–Crippen LogP) is -0.160. The molecule has 1 amide bonds. The van der Waals surface area contributed by atoms with Crippen LogP contribution in [-0.4, -0.2) is 66.9 Å². The quantitative estimate of drug-likeness (QED) is 0.686. The number of carbonyl (C=O) groups excluding carboxylic acids is 1. The van der Waals surface area contributed by atoms with Gasteiger partial charge in [-0.05, 0) is 0 Å². The SMILES string of the molecule is O=C(O)C1CNCCN1C(=O)CCOCC(F)(F)F. The zero-order valence-electron chi connectivity index (χ0n) is 10.1. The predicted molar refractivity (Wildman–Crippen MR) is 57.5 cm³/mol. The number of carboxylic acids is 1. The molecule has 2 N–H and O–H groups in total. The van der Waals surface area contributed by atoms with E-state index in [1.54, 1.807) is 0 Å². The highest BCUT2D eigenvalue weighted by Gasteiger charge is 2.32. The van der Waals surface area contributed by atoms with Gasteiger partial charge >= 0.3 is 12.1 Å². The minimum absolute atomic E-state index is 0.129. The molecule has 6 nitrogen and oxygen atoms in total. The van der Waals surface area contributed by atoms with Gasteiger partial charge in [0.05, 0.1) is 13.0 Å². The summed E-state index contributed by atoms with van der Waals surface area (Å²) in [5.41, 5.74) is 0. The molecule has 1 fully saturated rings. The molecule has 1 unspecified atom stereocenters. The molecule has 1 rings (SSSR count). The van der Waals surface area contributed by atoms with E-state index in [-0.39, 0.29) is 26.1 Å². The molecule has 0 aromatic heterocycles. The summed E-state index contributed by atoms with van der Waals surface area (Å²) in [7, 11) is 0. The number of nitrogens with zero attached hydrogens (tertiary/aromatic N) is 1. The van der Waals surface area contributed by atoms with Gasteiger partial charge in [0.1, 0.15) is 12.6 Å². The Kier molecular flexibility index (Phi) is 5.55. The van der Waals surface area contributed by atoms with Crippen LogP contribution < -0.4 is 5.32 Å². The number of rotatable bonds is 5. The van der Waals surface area contributed by atoms with Crippen LogP contribution in [0.4, 0.5) is 13.2 Å². The number of nitrogens with one attached hydrogen (secondary N) is 1. The number of amides is 1. The summed E-state index contributed by atoms with van der Waals surface area (Å²) in [6.07, 6.45) is -4.69. The van der Waals surface area contributed by atoms with Crippen molar-refractivity contribution in [1.29, 1.82) is 0 Å². The van der Waals surface area contributed by atoms with Gasteiger partial charge in [0.2, 0.25) is 5.91 Å². The molecule has 0 saturated carbocycles. The van der Waals surface area contributed by atoms with Crippen LogP contribution in [0.25, 0.3) is 0 Å². The van der Waals surface area contributed by atoms with E-state index in [2.05, 4.69) is 10.1 Å². The lowest BCUT2D eigenvalue weighted by molar-refractivity contribution is -0.175. The van der Waals surface area contributed by atoms with E-state index in [0.29, 0.717) is 6.54 Å². The van der Waals surface area contributed by atoms with Crippen molar-refractivity contribution >= 4 is 11.9 Å². The van der Waals surface area contributed by atoms with E-state index < -0.39 is 30.7 Å². The maximum Gasteiger partial charge on any atom is 0.411 e. The fraction of sp³-hybridized carbons (Fsp3) is 0.800. The summed E-state index contributed by atoms with van der Waals surface area (Å²) in [5.74, 6) is -1.66. The fourth-order valence-electron chi connectivity index (χ4n) is 1.71. The zero-order chi connectivity index (χ0) is 14.5. The molecular weight excluding hydrogens is 269 g/mol. The van der Waals surface area contributed by atoms with Crippen molar-refractivity contribution in [3.63, 3.8) is 0 Å². The summed E-state index contributed by atoms with van der Waals surface area (Å²) in [4.78, 5) is 23.8. The van der Waals surface area contributed by atoms with Crippen molar-refractivity contribution in [3.05, 3.63) is 0 Å². The summed E-state index contributed by atoms with van der Waals surface area (Å²) in [5, 5.41) is 11.8. The highest BCUT2D eigenvalue weighted by molar-refractivity contribution is 5.84. The van der Waals surface area contributed by atoms with Crippen molar-refractivity contribution in [2.24, 2.45) is 0 Å². The summed E-state index contributed by atoms with van der Waals surface area (Å²) < 4.78 is 39.7. The topological polar surface area (TPSA) is 78.9 Å². The van der Waals surface area contributed by atoms with Gasteiger partial charge in [-0.3, -0.25) is 4.79 Å². The van der Waals surface area contributed by atoms with Crippen molar-refractivity contribution in [3.8, 4) is 0 Å². The van der Waals surface area contributed by atoms with Crippen molar-refractivity contribution in [2.45, 2.75) is 18.6 Å². The highest BCUT2D eigenvalue weighted by atomic mass is 19.4. The molecule has 1 saturated heterocycles. The molecule has 0 aliphatic carbocycles. The lowest BCUT2D eigenvalue weighted by Crippen LogP contribution is -2.57. The van der Waals surface area contributed by atoms with E-state index in [4.69, 9.17) is 5.11 Å². The van der Waals surface area contributed by atoms with Crippen LogP contribution in [0.5, 0.6) is 0 Å². The van der Waals surface area contributed by atoms with E-state index in [9.17, 15) is 22.8 Å². The third-order valence-electron chi connectivity index (χ3n) is 2.57. The minimum Gasteiger partial charge on any atom is -0.480 e. The second-order valence-electron chi connectivity index (χ2n) is 4.06. The number of alkyl halides is 3. The zero-order valence-corrected chi connectivity index (χ0v) is 10.1. The number of halogens is 3. The Balaban J connectivity index is 2.37. The molecule has 0 radical (unpaired) electrons. The van der Waals surface area contributed by atoms with Crippen LogP contribution in [-0.2, 0) is 14.3 Å². The van der Waals surface area contributed by atoms with Gasteiger partial charge in [-0.15, -0.1) is 0 Å². The Bertz CT molecular complexity index is 335. The molecule has 0 bridgehead atoms. The lowest BCUT2D eigenvalue weighted by Gasteiger charge is -2.33. The average Bonchev–Trinajstić information content (AvgIpc) is 2.33. The Hall–Kier alpha value is -1.35. The molecule has 9 heteroatoms. The highest BCUT2D eigenvalue weighted by Crippen LogP contribution is 2.14. The third kappa shape index (κ3) is 5.43. The standard InChI is InChI=1S/C10H15F3N2O4/c11-10(12,13)6-19-4-1-8(16)15-3-2-14-5-7(15)9(17)18/h7,14H,1-6H2,(H,17,18). The normalized spacial score (nSPS) is 20.4. The van der Waals surface area contributed by atoms with Gasteiger partial charge in [-0.2, -0.15) is 13.2 Å². The van der Waals surface area contributed by atoms with Crippen LogP contribution in [0.3, 0.4) is 0 Å². The van der Waals surface area contributed by atoms with E-state index in [0.717, 1.165) is 4.90 Å². The van der Waals surface area contributed by atoms with Gasteiger partial charge in [-0.25, -0.2) is 4.79 Å². The Morgan fingerprint density at radius 1 is 1.42 bits per heavy atom. The first-order chi connectivity index (χ1) is 8.81. The van der Waals surface area contributed by atoms with Crippen LogP contribution in [0, 0.1) is 0 Å². The van der Waals surface area contributed by atoms with Crippen molar-refractivity contribution in [2.75, 3.05) is 32.8 Å². The van der Waals surface area contributed by atoms with Gasteiger partial charge in [-0.1, -0.05) is 0 Å². The van der Waals surface area contributed by atoms with Crippen LogP contribution in [0.15, 0.2) is 0 Å². The van der Waals surface area contributed by atoms with E-state index in [1.165, 1.54) is 0 Å².